The van der Waals surface area contributed by atoms with E-state index in [4.69, 9.17) is 42.6 Å². The fourth-order valence-electron chi connectivity index (χ4n) is 9.35. The van der Waals surface area contributed by atoms with Crippen LogP contribution in [-0.2, 0) is 93.1 Å². The molecule has 9 rings (SSSR count). The molecule has 0 amide bonds. The number of hydrogen-bond donors (Lipinski definition) is 1. The Hall–Kier alpha value is -6.13. The van der Waals surface area contributed by atoms with Gasteiger partial charge in [0.05, 0.1) is 80.6 Å². The third-order valence-corrected chi connectivity index (χ3v) is 14.6. The molecule has 1 N–H and O–H groups in total. The van der Waals surface area contributed by atoms with Crippen molar-refractivity contribution in [3.63, 3.8) is 0 Å². The molecule has 0 radical (unpaired) electrons. The van der Waals surface area contributed by atoms with Crippen LogP contribution >= 0.6 is 0 Å². The number of methoxy groups -OCH3 is 1. The molecule has 1 fully saturated rings. The van der Waals surface area contributed by atoms with Crippen molar-refractivity contribution in [1.82, 2.24) is 0 Å². The smallest absolute Gasteiger partial charge is 0.184 e. The van der Waals surface area contributed by atoms with Gasteiger partial charge in [0, 0.05) is 12.0 Å². The van der Waals surface area contributed by atoms with Crippen LogP contribution in [0.25, 0.3) is 0 Å². The van der Waals surface area contributed by atoms with Gasteiger partial charge < -0.3 is 47.7 Å². The van der Waals surface area contributed by atoms with Crippen LogP contribution in [0.2, 0.25) is 0 Å². The highest BCUT2D eigenvalue weighted by atomic mass is 32.2. The quantitative estimate of drug-likeness (QED) is 0.0589. The molecule has 0 bridgehead atoms. The predicted octanol–water partition coefficient (Wildman–Crippen LogP) is 10.5. The summed E-state index contributed by atoms with van der Waals surface area (Å²) in [5.74, 6) is -0.961. The molecule has 7 aromatic carbocycles. The topological polar surface area (TPSA) is 120 Å². The van der Waals surface area contributed by atoms with Gasteiger partial charge in [0.25, 0.3) is 0 Å². The number of hydrogen-bond acceptors (Lipinski definition) is 11. The van der Waals surface area contributed by atoms with E-state index in [9.17, 15) is 5.11 Å². The maximum Gasteiger partial charge on any atom is 0.184 e. The van der Waals surface area contributed by atoms with Crippen molar-refractivity contribution in [2.75, 3.05) is 20.3 Å². The molecular weight excluding hydrogens is 953 g/mol. The highest BCUT2D eigenvalue weighted by molar-refractivity contribution is 7.89. The van der Waals surface area contributed by atoms with E-state index in [0.29, 0.717) is 11.5 Å². The summed E-state index contributed by atoms with van der Waals surface area (Å²) in [6.45, 7) is 1.29. The largest absolute Gasteiger partial charge is 0.486 e. The Bertz CT molecular complexity index is 2760. The lowest BCUT2D eigenvalue weighted by Crippen LogP contribution is -2.62. The molecule has 384 valence electrons. The molecule has 12 heteroatoms. The predicted molar refractivity (Wildman–Crippen MR) is 282 cm³/mol. The molecule has 2 aliphatic heterocycles. The standard InChI is InChI=1S/C62H64O11S/c1-65-62-58(70-41-49-31-17-6-18-32-49)54(56(68-39-47-27-13-4-14-28-47)52(73-62)43-66-37-45-23-9-2-10-24-45)55(63)59-61(74(64)51-35-21-8-22-36-51)60(71-42-50-33-19-7-20-34-50)57(69-40-48-29-15-5-16-30-48)53(72-59)44-67-38-46-25-11-3-12-26-46/h2-36,52-58,60,62-63H,37-44H2,1H3/t52-,53-,54+,55+,56+,57+,58-,60+,62+,74+/m1/s1. The van der Waals surface area contributed by atoms with Crippen LogP contribution in [0.3, 0.4) is 0 Å². The van der Waals surface area contributed by atoms with Gasteiger partial charge in [0.15, 0.2) is 12.4 Å². The lowest BCUT2D eigenvalue weighted by molar-refractivity contribution is -0.314. The van der Waals surface area contributed by atoms with Crippen molar-refractivity contribution >= 4 is 10.8 Å². The van der Waals surface area contributed by atoms with E-state index in [0.717, 1.165) is 33.4 Å². The third kappa shape index (κ3) is 14.2. The molecule has 74 heavy (non-hydrogen) atoms. The van der Waals surface area contributed by atoms with Crippen molar-refractivity contribution in [3.05, 3.63) is 256 Å². The summed E-state index contributed by atoms with van der Waals surface area (Å²) in [4.78, 5) is 0.686. The minimum atomic E-state index is -1.99. The van der Waals surface area contributed by atoms with Gasteiger partial charge in [-0.1, -0.05) is 200 Å². The Labute approximate surface area is 437 Å². The lowest BCUT2D eigenvalue weighted by atomic mass is 9.82. The lowest BCUT2D eigenvalue weighted by Gasteiger charge is -2.49. The van der Waals surface area contributed by atoms with Crippen LogP contribution in [-0.4, -0.2) is 78.7 Å². The minimum absolute atomic E-state index is 0.0211. The summed E-state index contributed by atoms with van der Waals surface area (Å²) in [6, 6.07) is 68.1. The van der Waals surface area contributed by atoms with Crippen LogP contribution in [0, 0.1) is 5.92 Å². The molecule has 0 aliphatic carbocycles. The third-order valence-electron chi connectivity index (χ3n) is 13.1. The first-order chi connectivity index (χ1) is 36.5. The molecule has 0 unspecified atom stereocenters. The van der Waals surface area contributed by atoms with Gasteiger partial charge in [-0.15, -0.1) is 0 Å². The Balaban J connectivity index is 1.19. The SMILES string of the molecule is CO[C@H]1O[C@H](COCc2ccccc2)[C@H](OCc2ccccc2)[C@H]([C@H](O)C2=C([S@@](=O)c3ccccc3)[C@@H](OCc3ccccc3)[C@@H](OCc3ccccc3)[C@@H](COCc3ccccc3)O2)[C@H]1OCc1ccccc1. The molecule has 10 atom stereocenters. The highest BCUT2D eigenvalue weighted by Crippen LogP contribution is 2.43. The van der Waals surface area contributed by atoms with Crippen LogP contribution in [0.1, 0.15) is 33.4 Å². The Kier molecular flexibility index (Phi) is 19.5. The van der Waals surface area contributed by atoms with Crippen molar-refractivity contribution in [2.45, 2.75) is 93.6 Å². The number of benzene rings is 7. The van der Waals surface area contributed by atoms with Gasteiger partial charge >= 0.3 is 0 Å². The number of aliphatic hydroxyl groups is 1. The number of aliphatic hydroxyl groups excluding tert-OH is 1. The van der Waals surface area contributed by atoms with Gasteiger partial charge in [-0.3, -0.25) is 0 Å². The van der Waals surface area contributed by atoms with Crippen molar-refractivity contribution in [3.8, 4) is 0 Å². The summed E-state index contributed by atoms with van der Waals surface area (Å²) in [5.41, 5.74) is 5.56. The number of ether oxygens (including phenoxy) is 9. The van der Waals surface area contributed by atoms with Crippen LogP contribution in [0.15, 0.2) is 228 Å². The van der Waals surface area contributed by atoms with E-state index in [1.807, 2.05) is 200 Å². The second-order valence-electron chi connectivity index (χ2n) is 18.3. The van der Waals surface area contributed by atoms with Crippen LogP contribution < -0.4 is 0 Å². The van der Waals surface area contributed by atoms with Gasteiger partial charge in [-0.25, -0.2) is 4.21 Å². The first-order valence-electron chi connectivity index (χ1n) is 25.1. The van der Waals surface area contributed by atoms with Gasteiger partial charge in [-0.05, 0) is 45.5 Å². The first kappa shape index (κ1) is 52.7. The van der Waals surface area contributed by atoms with Crippen molar-refractivity contribution in [1.29, 1.82) is 0 Å². The van der Waals surface area contributed by atoms with Crippen molar-refractivity contribution in [2.24, 2.45) is 5.92 Å². The molecular formula is C62H64O11S. The highest BCUT2D eigenvalue weighted by Gasteiger charge is 2.55. The summed E-state index contributed by atoms with van der Waals surface area (Å²) in [5, 5.41) is 13.8. The van der Waals surface area contributed by atoms with E-state index in [1.54, 1.807) is 19.2 Å². The summed E-state index contributed by atoms with van der Waals surface area (Å²) in [7, 11) is -0.437. The van der Waals surface area contributed by atoms with E-state index >= 15 is 4.21 Å². The maximum absolute atomic E-state index is 15.8. The van der Waals surface area contributed by atoms with Crippen LogP contribution in [0.4, 0.5) is 0 Å². The molecule has 0 aromatic heterocycles. The Morgan fingerprint density at radius 3 is 1.26 bits per heavy atom. The first-order valence-corrected chi connectivity index (χ1v) is 26.3. The zero-order valence-corrected chi connectivity index (χ0v) is 42.3. The normalized spacial score (nSPS) is 22.7. The summed E-state index contributed by atoms with van der Waals surface area (Å²) >= 11 is 0. The summed E-state index contributed by atoms with van der Waals surface area (Å²) < 4.78 is 76.8. The Morgan fingerprint density at radius 1 is 0.459 bits per heavy atom. The van der Waals surface area contributed by atoms with Crippen LogP contribution in [0.5, 0.6) is 0 Å². The average Bonchev–Trinajstić information content (AvgIpc) is 3.47. The van der Waals surface area contributed by atoms with E-state index in [2.05, 4.69) is 0 Å². The Morgan fingerprint density at radius 2 is 0.824 bits per heavy atom. The van der Waals surface area contributed by atoms with E-state index < -0.39 is 65.7 Å². The monoisotopic (exact) mass is 1020 g/mol. The van der Waals surface area contributed by atoms with E-state index in [-0.39, 0.29) is 56.9 Å². The zero-order valence-electron chi connectivity index (χ0n) is 41.5. The second kappa shape index (κ2) is 27.4. The molecule has 2 aliphatic rings. The average molecular weight is 1020 g/mol. The number of rotatable bonds is 25. The minimum Gasteiger partial charge on any atom is -0.486 e. The van der Waals surface area contributed by atoms with Crippen molar-refractivity contribution < 1.29 is 51.9 Å². The fourth-order valence-corrected chi connectivity index (χ4v) is 10.8. The van der Waals surface area contributed by atoms with E-state index in [1.165, 1.54) is 0 Å². The van der Waals surface area contributed by atoms with Gasteiger partial charge in [0.2, 0.25) is 0 Å². The molecule has 0 spiro atoms. The summed E-state index contributed by atoms with van der Waals surface area (Å²) in [6.07, 6.45) is -8.11. The maximum atomic E-state index is 15.8. The second-order valence-corrected chi connectivity index (χ2v) is 19.7. The molecule has 1 saturated heterocycles. The molecule has 2 heterocycles. The van der Waals surface area contributed by atoms with Gasteiger partial charge in [-0.2, -0.15) is 0 Å². The zero-order chi connectivity index (χ0) is 50.7. The molecule has 7 aromatic rings. The molecule has 11 nitrogen and oxygen atoms in total. The van der Waals surface area contributed by atoms with Gasteiger partial charge in [0.1, 0.15) is 36.3 Å². The molecule has 0 saturated carbocycles. The fraction of sp³-hybridized carbons (Fsp3) is 0.290.